The van der Waals surface area contributed by atoms with Gasteiger partial charge in [-0.05, 0) is 30.3 Å². The molecule has 0 radical (unpaired) electrons. The summed E-state index contributed by atoms with van der Waals surface area (Å²) in [6, 6.07) is 10.9. The highest BCUT2D eigenvalue weighted by Gasteiger charge is 2.24. The first kappa shape index (κ1) is 16.4. The van der Waals surface area contributed by atoms with Gasteiger partial charge in [-0.2, -0.15) is 5.26 Å². The van der Waals surface area contributed by atoms with Crippen molar-refractivity contribution >= 4 is 34.3 Å². The number of fused-ring (bicyclic) bond motifs is 1. The predicted molar refractivity (Wildman–Crippen MR) is 98.3 cm³/mol. The Hall–Kier alpha value is -3.04. The summed E-state index contributed by atoms with van der Waals surface area (Å²) in [7, 11) is 0. The number of hydrogen-bond donors (Lipinski definition) is 0. The van der Waals surface area contributed by atoms with Crippen molar-refractivity contribution in [2.45, 2.75) is 0 Å². The Labute approximate surface area is 155 Å². The van der Waals surface area contributed by atoms with E-state index in [1.807, 2.05) is 17.0 Å². The number of nitrogens with zero attached hydrogens (tertiary/aromatic N) is 4. The van der Waals surface area contributed by atoms with Crippen molar-refractivity contribution in [3.8, 4) is 6.07 Å². The zero-order valence-electron chi connectivity index (χ0n) is 13.9. The van der Waals surface area contributed by atoms with Crippen LogP contribution < -0.4 is 4.90 Å². The monoisotopic (exact) mass is 366 g/mol. The maximum absolute atomic E-state index is 12.9. The van der Waals surface area contributed by atoms with E-state index >= 15 is 0 Å². The molecule has 26 heavy (non-hydrogen) atoms. The summed E-state index contributed by atoms with van der Waals surface area (Å²) in [5, 5.41) is 10.4. The number of piperazine rings is 1. The molecular weight excluding hydrogens is 352 g/mol. The van der Waals surface area contributed by atoms with Gasteiger partial charge in [0.05, 0.1) is 28.8 Å². The Morgan fingerprint density at radius 2 is 2.00 bits per heavy atom. The summed E-state index contributed by atoms with van der Waals surface area (Å²) in [5.41, 5.74) is 2.51. The number of anilines is 1. The smallest absolute Gasteiger partial charge is 0.254 e. The van der Waals surface area contributed by atoms with Gasteiger partial charge in [-0.3, -0.25) is 4.79 Å². The number of aromatic nitrogens is 1. The minimum Gasteiger partial charge on any atom is -0.446 e. The lowest BCUT2D eigenvalue weighted by Gasteiger charge is -2.36. The molecule has 0 N–H and O–H groups in total. The van der Waals surface area contributed by atoms with Crippen LogP contribution in [0.5, 0.6) is 0 Å². The third kappa shape index (κ3) is 2.98. The molecule has 0 atom stereocenters. The second-order valence-electron chi connectivity index (χ2n) is 6.09. The fourth-order valence-electron chi connectivity index (χ4n) is 3.22. The molecule has 1 saturated heterocycles. The van der Waals surface area contributed by atoms with Crippen molar-refractivity contribution < 1.29 is 9.21 Å². The van der Waals surface area contributed by atoms with E-state index in [1.54, 1.807) is 24.4 Å². The maximum atomic E-state index is 12.9. The third-order valence-electron chi connectivity index (χ3n) is 4.54. The van der Waals surface area contributed by atoms with E-state index in [9.17, 15) is 4.79 Å². The number of halogens is 1. The van der Waals surface area contributed by atoms with E-state index in [0.717, 1.165) is 11.1 Å². The molecule has 0 aliphatic carbocycles. The Kier molecular flexibility index (Phi) is 4.23. The molecule has 0 saturated carbocycles. The lowest BCUT2D eigenvalue weighted by Crippen LogP contribution is -2.48. The summed E-state index contributed by atoms with van der Waals surface area (Å²) in [5.74, 6) is -0.0257. The molecule has 7 heteroatoms. The van der Waals surface area contributed by atoms with Crippen LogP contribution in [0.4, 0.5) is 5.69 Å². The quantitative estimate of drug-likeness (QED) is 0.695. The Balaban J connectivity index is 1.50. The Morgan fingerprint density at radius 3 is 2.77 bits per heavy atom. The van der Waals surface area contributed by atoms with Gasteiger partial charge in [0.25, 0.3) is 5.91 Å². The zero-order valence-corrected chi connectivity index (χ0v) is 14.6. The molecule has 1 amide bonds. The van der Waals surface area contributed by atoms with E-state index in [4.69, 9.17) is 21.3 Å². The van der Waals surface area contributed by atoms with E-state index in [1.165, 1.54) is 6.26 Å². The fraction of sp³-hybridized carbons (Fsp3) is 0.211. The molecule has 4 rings (SSSR count). The SMILES string of the molecule is N#Cc1cc(Cl)cc(N2CCN(C(=O)c3ccnc4occc34)CC2)c1. The van der Waals surface area contributed by atoms with Crippen molar-refractivity contribution in [2.75, 3.05) is 31.1 Å². The molecule has 0 spiro atoms. The first-order valence-electron chi connectivity index (χ1n) is 8.23. The average Bonchev–Trinajstić information content (AvgIpc) is 3.16. The molecule has 0 bridgehead atoms. The van der Waals surface area contributed by atoms with Gasteiger partial charge in [-0.15, -0.1) is 0 Å². The first-order valence-corrected chi connectivity index (χ1v) is 8.60. The average molecular weight is 367 g/mol. The Bertz CT molecular complexity index is 1020. The van der Waals surface area contributed by atoms with Crippen LogP contribution in [0, 0.1) is 11.3 Å². The van der Waals surface area contributed by atoms with Gasteiger partial charge in [-0.25, -0.2) is 4.98 Å². The van der Waals surface area contributed by atoms with Gasteiger partial charge in [0.2, 0.25) is 5.71 Å². The highest BCUT2D eigenvalue weighted by molar-refractivity contribution is 6.31. The van der Waals surface area contributed by atoms with Gasteiger partial charge in [0.15, 0.2) is 0 Å². The molecule has 130 valence electrons. The van der Waals surface area contributed by atoms with Crippen LogP contribution in [0.2, 0.25) is 5.02 Å². The fourth-order valence-corrected chi connectivity index (χ4v) is 3.45. The highest BCUT2D eigenvalue weighted by Crippen LogP contribution is 2.25. The van der Waals surface area contributed by atoms with Crippen molar-refractivity contribution in [3.05, 3.63) is 58.9 Å². The van der Waals surface area contributed by atoms with Crippen LogP contribution in [0.3, 0.4) is 0 Å². The maximum Gasteiger partial charge on any atom is 0.254 e. The molecule has 1 aliphatic rings. The van der Waals surface area contributed by atoms with Crippen LogP contribution >= 0.6 is 11.6 Å². The Morgan fingerprint density at radius 1 is 1.19 bits per heavy atom. The summed E-state index contributed by atoms with van der Waals surface area (Å²) < 4.78 is 5.28. The van der Waals surface area contributed by atoms with E-state index in [0.29, 0.717) is 48.0 Å². The van der Waals surface area contributed by atoms with Crippen molar-refractivity contribution in [3.63, 3.8) is 0 Å². The summed E-state index contributed by atoms with van der Waals surface area (Å²) in [4.78, 5) is 21.0. The summed E-state index contributed by atoms with van der Waals surface area (Å²) >= 11 is 6.09. The van der Waals surface area contributed by atoms with E-state index in [2.05, 4.69) is 16.0 Å². The standard InChI is InChI=1S/C19H15ClN4O2/c20-14-9-13(12-21)10-15(11-14)23-4-6-24(7-5-23)19(25)17-1-3-22-18-16(17)2-8-26-18/h1-3,8-11H,4-7H2. The number of nitriles is 1. The van der Waals surface area contributed by atoms with Gasteiger partial charge in [0.1, 0.15) is 0 Å². The van der Waals surface area contributed by atoms with Crippen LogP contribution in [0.25, 0.3) is 11.1 Å². The minimum absolute atomic E-state index is 0.0257. The summed E-state index contributed by atoms with van der Waals surface area (Å²) in [6.45, 7) is 2.54. The molecule has 6 nitrogen and oxygen atoms in total. The van der Waals surface area contributed by atoms with Crippen LogP contribution in [-0.4, -0.2) is 42.0 Å². The molecule has 3 heterocycles. The first-order chi connectivity index (χ1) is 12.7. The lowest BCUT2D eigenvalue weighted by atomic mass is 10.1. The molecular formula is C19H15ClN4O2. The van der Waals surface area contributed by atoms with Crippen molar-refractivity contribution in [1.82, 2.24) is 9.88 Å². The van der Waals surface area contributed by atoms with E-state index in [-0.39, 0.29) is 5.91 Å². The second-order valence-corrected chi connectivity index (χ2v) is 6.52. The number of rotatable bonds is 2. The number of benzene rings is 1. The predicted octanol–water partition coefficient (Wildman–Crippen LogP) is 3.32. The number of carbonyl (C=O) groups is 1. The normalized spacial score (nSPS) is 14.5. The molecule has 0 unspecified atom stereocenters. The second kappa shape index (κ2) is 6.70. The molecule has 1 fully saturated rings. The number of carbonyl (C=O) groups excluding carboxylic acids is 1. The molecule has 2 aromatic heterocycles. The highest BCUT2D eigenvalue weighted by atomic mass is 35.5. The van der Waals surface area contributed by atoms with Crippen molar-refractivity contribution in [2.24, 2.45) is 0 Å². The lowest BCUT2D eigenvalue weighted by molar-refractivity contribution is 0.0748. The number of amides is 1. The van der Waals surface area contributed by atoms with Gasteiger partial charge in [0, 0.05) is 43.1 Å². The number of furan rings is 1. The van der Waals surface area contributed by atoms with Gasteiger partial charge < -0.3 is 14.2 Å². The number of pyridine rings is 1. The molecule has 1 aliphatic heterocycles. The van der Waals surface area contributed by atoms with Crippen LogP contribution in [-0.2, 0) is 0 Å². The zero-order chi connectivity index (χ0) is 18.1. The molecule has 1 aromatic carbocycles. The number of hydrogen-bond acceptors (Lipinski definition) is 5. The van der Waals surface area contributed by atoms with Crippen LogP contribution in [0.1, 0.15) is 15.9 Å². The van der Waals surface area contributed by atoms with Gasteiger partial charge >= 0.3 is 0 Å². The van der Waals surface area contributed by atoms with Crippen LogP contribution in [0.15, 0.2) is 47.2 Å². The largest absolute Gasteiger partial charge is 0.446 e. The molecule has 3 aromatic rings. The van der Waals surface area contributed by atoms with E-state index < -0.39 is 0 Å². The summed E-state index contributed by atoms with van der Waals surface area (Å²) in [6.07, 6.45) is 3.13. The topological polar surface area (TPSA) is 73.4 Å². The van der Waals surface area contributed by atoms with Crippen molar-refractivity contribution in [1.29, 1.82) is 5.26 Å². The van der Waals surface area contributed by atoms with Gasteiger partial charge in [-0.1, -0.05) is 11.6 Å². The minimum atomic E-state index is -0.0257. The third-order valence-corrected chi connectivity index (χ3v) is 4.76.